The van der Waals surface area contributed by atoms with Gasteiger partial charge in [-0.1, -0.05) is 12.8 Å². The molecule has 5 heteroatoms. The van der Waals surface area contributed by atoms with Crippen molar-refractivity contribution in [3.8, 4) is 0 Å². The molecule has 0 N–H and O–H groups in total. The molecule has 13 heavy (non-hydrogen) atoms. The summed E-state index contributed by atoms with van der Waals surface area (Å²) in [6, 6.07) is 0. The number of ether oxygens (including phenoxy) is 1. The van der Waals surface area contributed by atoms with E-state index in [1.54, 1.807) is 0 Å². The van der Waals surface area contributed by atoms with Crippen molar-refractivity contribution in [1.82, 2.24) is 0 Å². The van der Waals surface area contributed by atoms with Gasteiger partial charge in [0.25, 0.3) is 0 Å². The summed E-state index contributed by atoms with van der Waals surface area (Å²) in [7, 11) is 0. The highest BCUT2D eigenvalue weighted by molar-refractivity contribution is 4.92. The molecule has 0 aromatic rings. The zero-order valence-electron chi connectivity index (χ0n) is 6.90. The largest absolute Gasteiger partial charge is 0.363 e. The third kappa shape index (κ3) is 1.33. The lowest BCUT2D eigenvalue weighted by Gasteiger charge is -2.26. The number of halogens is 4. The Balaban J connectivity index is 2.25. The van der Waals surface area contributed by atoms with E-state index < -0.39 is 24.1 Å². The molecule has 0 bridgehead atoms. The quantitative estimate of drug-likeness (QED) is 0.543. The molecular weight excluding hydrogens is 188 g/mol. The molecule has 0 spiro atoms. The molecule has 0 amide bonds. The number of fused-ring (bicyclic) bond motifs is 1. The van der Waals surface area contributed by atoms with Gasteiger partial charge in [0.05, 0.1) is 11.8 Å². The molecule has 1 nitrogen and oxygen atoms in total. The second-order valence-corrected chi connectivity index (χ2v) is 3.72. The maximum atomic E-state index is 12.9. The third-order valence-corrected chi connectivity index (χ3v) is 2.90. The van der Waals surface area contributed by atoms with Crippen molar-refractivity contribution in [3.63, 3.8) is 0 Å². The molecule has 1 aliphatic carbocycles. The molecule has 1 heterocycles. The minimum Gasteiger partial charge on any atom is -0.255 e. The van der Waals surface area contributed by atoms with E-state index in [2.05, 4.69) is 4.74 Å². The maximum Gasteiger partial charge on any atom is 0.363 e. The Morgan fingerprint density at radius 3 is 1.62 bits per heavy atom. The summed E-state index contributed by atoms with van der Waals surface area (Å²) < 4.78 is 55.0. The molecule has 76 valence electrons. The van der Waals surface area contributed by atoms with E-state index in [1.807, 2.05) is 0 Å². The van der Waals surface area contributed by atoms with Gasteiger partial charge in [-0.25, -0.2) is 0 Å². The van der Waals surface area contributed by atoms with Crippen molar-refractivity contribution in [2.75, 3.05) is 0 Å². The first kappa shape index (κ1) is 9.24. The first-order valence-electron chi connectivity index (χ1n) is 4.39. The lowest BCUT2D eigenvalue weighted by atomic mass is 9.80. The van der Waals surface area contributed by atoms with Crippen LogP contribution in [0.5, 0.6) is 0 Å². The average molecular weight is 198 g/mol. The van der Waals surface area contributed by atoms with Crippen molar-refractivity contribution in [1.29, 1.82) is 0 Å². The van der Waals surface area contributed by atoms with Gasteiger partial charge in [0.1, 0.15) is 0 Å². The second-order valence-electron chi connectivity index (χ2n) is 3.72. The van der Waals surface area contributed by atoms with Crippen LogP contribution in [-0.2, 0) is 4.74 Å². The molecule has 2 atom stereocenters. The lowest BCUT2D eigenvalue weighted by molar-refractivity contribution is -0.341. The number of alkyl halides is 4. The van der Waals surface area contributed by atoms with Crippen molar-refractivity contribution < 1.29 is 22.3 Å². The summed E-state index contributed by atoms with van der Waals surface area (Å²) >= 11 is 0. The molecule has 1 aliphatic heterocycles. The van der Waals surface area contributed by atoms with Crippen molar-refractivity contribution in [2.45, 2.75) is 37.9 Å². The minimum atomic E-state index is -3.63. The highest BCUT2D eigenvalue weighted by atomic mass is 19.3. The van der Waals surface area contributed by atoms with E-state index in [1.165, 1.54) is 0 Å². The molecule has 0 unspecified atom stereocenters. The molecule has 0 radical (unpaired) electrons. The normalized spacial score (nSPS) is 41.5. The molecule has 2 aliphatic rings. The molecular formula is C8H10F4O. The Hall–Kier alpha value is -0.320. The number of hydrogen-bond acceptors (Lipinski definition) is 1. The topological polar surface area (TPSA) is 9.23 Å². The Kier molecular flexibility index (Phi) is 1.84. The smallest absolute Gasteiger partial charge is 0.255 e. The second kappa shape index (κ2) is 2.59. The van der Waals surface area contributed by atoms with Crippen LogP contribution in [0, 0.1) is 11.8 Å². The minimum absolute atomic E-state index is 0.146. The molecule has 1 saturated carbocycles. The summed E-state index contributed by atoms with van der Waals surface area (Å²) in [4.78, 5) is 0. The van der Waals surface area contributed by atoms with Crippen molar-refractivity contribution in [3.05, 3.63) is 0 Å². The van der Waals surface area contributed by atoms with Crippen LogP contribution in [-0.4, -0.2) is 12.2 Å². The molecule has 0 aromatic heterocycles. The van der Waals surface area contributed by atoms with Crippen molar-refractivity contribution in [2.24, 2.45) is 11.8 Å². The van der Waals surface area contributed by atoms with Gasteiger partial charge in [0.2, 0.25) is 0 Å². The van der Waals surface area contributed by atoms with Crippen LogP contribution < -0.4 is 0 Å². The molecule has 1 saturated heterocycles. The van der Waals surface area contributed by atoms with Crippen LogP contribution in [0.3, 0.4) is 0 Å². The highest BCUT2D eigenvalue weighted by Crippen LogP contribution is 2.55. The van der Waals surface area contributed by atoms with Gasteiger partial charge in [0.15, 0.2) is 0 Å². The molecule has 0 aromatic carbocycles. The van der Waals surface area contributed by atoms with E-state index in [9.17, 15) is 17.6 Å². The van der Waals surface area contributed by atoms with Crippen LogP contribution in [0.4, 0.5) is 17.6 Å². The van der Waals surface area contributed by atoms with Gasteiger partial charge in [-0.05, 0) is 12.8 Å². The third-order valence-electron chi connectivity index (χ3n) is 2.90. The standard InChI is InChI=1S/C8H10F4O/c9-7(10)5-3-1-2-4-6(5)8(11,12)13-7/h5-6H,1-4H2/t5-,6+. The lowest BCUT2D eigenvalue weighted by Crippen LogP contribution is -2.30. The van der Waals surface area contributed by atoms with Gasteiger partial charge in [-0.15, -0.1) is 0 Å². The van der Waals surface area contributed by atoms with Crippen LogP contribution in [0.2, 0.25) is 0 Å². The molecule has 2 fully saturated rings. The van der Waals surface area contributed by atoms with Crippen LogP contribution >= 0.6 is 0 Å². The van der Waals surface area contributed by atoms with Crippen LogP contribution in [0.1, 0.15) is 25.7 Å². The fourth-order valence-corrected chi connectivity index (χ4v) is 2.27. The zero-order chi connectivity index (χ0) is 9.69. The predicted molar refractivity (Wildman–Crippen MR) is 36.4 cm³/mol. The molecule has 2 rings (SSSR count). The van der Waals surface area contributed by atoms with Gasteiger partial charge in [0, 0.05) is 0 Å². The van der Waals surface area contributed by atoms with E-state index in [0.29, 0.717) is 12.8 Å². The Labute approximate surface area is 73.1 Å². The number of rotatable bonds is 0. The average Bonchev–Trinajstić information content (AvgIpc) is 2.20. The van der Waals surface area contributed by atoms with Gasteiger partial charge in [-0.2, -0.15) is 17.6 Å². The van der Waals surface area contributed by atoms with E-state index in [0.717, 1.165) is 0 Å². The summed E-state index contributed by atoms with van der Waals surface area (Å²) in [5.41, 5.74) is 0. The summed E-state index contributed by atoms with van der Waals surface area (Å²) in [5, 5.41) is 0. The fraction of sp³-hybridized carbons (Fsp3) is 1.00. The first-order valence-corrected chi connectivity index (χ1v) is 4.39. The van der Waals surface area contributed by atoms with Crippen LogP contribution in [0.25, 0.3) is 0 Å². The summed E-state index contributed by atoms with van der Waals surface area (Å²) in [6.07, 6.45) is -5.78. The predicted octanol–water partition coefficient (Wildman–Crippen LogP) is 3.01. The Bertz CT molecular complexity index is 194. The van der Waals surface area contributed by atoms with Gasteiger partial charge >= 0.3 is 12.2 Å². The van der Waals surface area contributed by atoms with Gasteiger partial charge in [-0.3, -0.25) is 4.74 Å². The van der Waals surface area contributed by atoms with E-state index >= 15 is 0 Å². The first-order chi connectivity index (χ1) is 5.93. The van der Waals surface area contributed by atoms with E-state index in [-0.39, 0.29) is 12.8 Å². The summed E-state index contributed by atoms with van der Waals surface area (Å²) in [6.45, 7) is 0. The van der Waals surface area contributed by atoms with Gasteiger partial charge < -0.3 is 0 Å². The summed E-state index contributed by atoms with van der Waals surface area (Å²) in [5.74, 6) is -2.56. The highest BCUT2D eigenvalue weighted by Gasteiger charge is 2.66. The van der Waals surface area contributed by atoms with Crippen molar-refractivity contribution >= 4 is 0 Å². The fourth-order valence-electron chi connectivity index (χ4n) is 2.27. The Morgan fingerprint density at radius 2 is 1.23 bits per heavy atom. The van der Waals surface area contributed by atoms with Crippen LogP contribution in [0.15, 0.2) is 0 Å². The maximum absolute atomic E-state index is 12.9. The number of hydrogen-bond donors (Lipinski definition) is 0. The van der Waals surface area contributed by atoms with E-state index in [4.69, 9.17) is 0 Å². The zero-order valence-corrected chi connectivity index (χ0v) is 6.90. The monoisotopic (exact) mass is 198 g/mol. The Morgan fingerprint density at radius 1 is 0.846 bits per heavy atom. The SMILES string of the molecule is FC1(F)OC(F)(F)[C@H]2CCCC[C@H]21.